The third-order valence-electron chi connectivity index (χ3n) is 2.41. The summed E-state index contributed by atoms with van der Waals surface area (Å²) < 4.78 is 0. The van der Waals surface area contributed by atoms with E-state index in [4.69, 9.17) is 5.11 Å². The molecule has 1 heterocycles. The van der Waals surface area contributed by atoms with Gasteiger partial charge in [0.05, 0.1) is 0 Å². The van der Waals surface area contributed by atoms with E-state index in [0.717, 1.165) is 0 Å². The first-order valence-corrected chi connectivity index (χ1v) is 6.76. The van der Waals surface area contributed by atoms with Gasteiger partial charge in [-0.2, -0.15) is 11.8 Å². The van der Waals surface area contributed by atoms with E-state index in [1.165, 1.54) is 18.7 Å². The Morgan fingerprint density at radius 1 is 1.61 bits per heavy atom. The van der Waals surface area contributed by atoms with Gasteiger partial charge in [-0.3, -0.25) is 4.79 Å². The zero-order chi connectivity index (χ0) is 13.5. The fourth-order valence-electron chi connectivity index (χ4n) is 1.52. The molecule has 1 atom stereocenters. The lowest BCUT2D eigenvalue weighted by Gasteiger charge is -2.15. The molecule has 0 unspecified atom stereocenters. The molecule has 1 aliphatic rings. The fraction of sp³-hybridized carbons (Fsp3) is 0.700. The average Bonchev–Trinajstić information content (AvgIpc) is 2.68. The second-order valence-corrected chi connectivity index (χ2v) is 5.04. The summed E-state index contributed by atoms with van der Waals surface area (Å²) in [6.07, 6.45) is 0. The van der Waals surface area contributed by atoms with Crippen LogP contribution in [0.5, 0.6) is 0 Å². The third-order valence-corrected chi connectivity index (χ3v) is 3.45. The highest BCUT2D eigenvalue weighted by molar-refractivity contribution is 7.99. The van der Waals surface area contributed by atoms with Gasteiger partial charge in [-0.1, -0.05) is 0 Å². The van der Waals surface area contributed by atoms with Crippen molar-refractivity contribution >= 4 is 29.7 Å². The van der Waals surface area contributed by atoms with Crippen LogP contribution >= 0.6 is 11.8 Å². The van der Waals surface area contributed by atoms with E-state index in [1.54, 1.807) is 4.90 Å². The molecule has 18 heavy (non-hydrogen) atoms. The molecule has 3 N–H and O–H groups in total. The second-order valence-electron chi connectivity index (χ2n) is 3.89. The van der Waals surface area contributed by atoms with Crippen molar-refractivity contribution in [2.45, 2.75) is 13.0 Å². The number of nitrogens with zero attached hydrogens (tertiary/aromatic N) is 1. The van der Waals surface area contributed by atoms with Crippen molar-refractivity contribution in [2.24, 2.45) is 0 Å². The first-order valence-electron chi connectivity index (χ1n) is 5.61. The summed E-state index contributed by atoms with van der Waals surface area (Å²) in [5.74, 6) is -0.459. The number of carbonyl (C=O) groups excluding carboxylic acids is 2. The van der Waals surface area contributed by atoms with Crippen molar-refractivity contribution in [3.05, 3.63) is 0 Å². The quantitative estimate of drug-likeness (QED) is 0.535. The van der Waals surface area contributed by atoms with Crippen LogP contribution in [-0.4, -0.2) is 65.1 Å². The minimum Gasteiger partial charge on any atom is -0.480 e. The van der Waals surface area contributed by atoms with Crippen LogP contribution in [0.25, 0.3) is 0 Å². The number of urea groups is 1. The van der Waals surface area contributed by atoms with E-state index in [2.05, 4.69) is 10.6 Å². The first-order chi connectivity index (χ1) is 8.50. The fourth-order valence-corrected chi connectivity index (χ4v) is 2.50. The number of carboxylic acid groups (broad SMARTS) is 1. The number of hydrogen-bond acceptors (Lipinski definition) is 4. The molecule has 1 rings (SSSR count). The van der Waals surface area contributed by atoms with Gasteiger partial charge in [-0.05, 0) is 0 Å². The Bertz CT molecular complexity index is 337. The minimum absolute atomic E-state index is 0.0766. The van der Waals surface area contributed by atoms with E-state index in [-0.39, 0.29) is 11.9 Å². The Labute approximate surface area is 109 Å². The van der Waals surface area contributed by atoms with Gasteiger partial charge in [0, 0.05) is 38.1 Å². The molecule has 1 saturated heterocycles. The maximum Gasteiger partial charge on any atom is 0.327 e. The summed E-state index contributed by atoms with van der Waals surface area (Å²) in [6.45, 7) is 3.22. The monoisotopic (exact) mass is 275 g/mol. The number of hydrogen-bond donors (Lipinski definition) is 3. The largest absolute Gasteiger partial charge is 0.480 e. The molecule has 0 aliphatic carbocycles. The normalized spacial score (nSPS) is 16.3. The average molecular weight is 275 g/mol. The lowest BCUT2D eigenvalue weighted by atomic mass is 10.3. The molecule has 7 nitrogen and oxygen atoms in total. The summed E-state index contributed by atoms with van der Waals surface area (Å²) in [6, 6.07) is -0.952. The van der Waals surface area contributed by atoms with Crippen molar-refractivity contribution < 1.29 is 19.5 Å². The van der Waals surface area contributed by atoms with E-state index in [9.17, 15) is 14.4 Å². The molecular weight excluding hydrogens is 258 g/mol. The lowest BCUT2D eigenvalue weighted by molar-refractivity contribution is -0.140. The van der Waals surface area contributed by atoms with Gasteiger partial charge in [0.2, 0.25) is 5.91 Å². The molecule has 3 amide bonds. The topological polar surface area (TPSA) is 98.7 Å². The van der Waals surface area contributed by atoms with Crippen molar-refractivity contribution in [1.29, 1.82) is 0 Å². The van der Waals surface area contributed by atoms with Crippen LogP contribution in [0.2, 0.25) is 0 Å². The molecule has 8 heteroatoms. The van der Waals surface area contributed by atoms with Crippen LogP contribution in [-0.2, 0) is 9.59 Å². The van der Waals surface area contributed by atoms with Crippen LogP contribution in [0.15, 0.2) is 0 Å². The molecule has 0 aromatic heterocycles. The van der Waals surface area contributed by atoms with Crippen LogP contribution in [0.1, 0.15) is 6.92 Å². The molecule has 0 radical (unpaired) electrons. The van der Waals surface area contributed by atoms with Gasteiger partial charge >= 0.3 is 12.0 Å². The van der Waals surface area contributed by atoms with Gasteiger partial charge < -0.3 is 20.6 Å². The zero-order valence-corrected chi connectivity index (χ0v) is 11.0. The second kappa shape index (κ2) is 7.10. The molecule has 1 fully saturated rings. The van der Waals surface area contributed by atoms with Crippen LogP contribution in [0, 0.1) is 0 Å². The van der Waals surface area contributed by atoms with Crippen molar-refractivity contribution in [3.63, 3.8) is 0 Å². The predicted octanol–water partition coefficient (Wildman–Crippen LogP) is -0.666. The van der Waals surface area contributed by atoms with Crippen LogP contribution < -0.4 is 10.6 Å². The third kappa shape index (κ3) is 4.82. The van der Waals surface area contributed by atoms with Crippen molar-refractivity contribution in [3.8, 4) is 0 Å². The van der Waals surface area contributed by atoms with Crippen LogP contribution in [0.3, 0.4) is 0 Å². The highest BCUT2D eigenvalue weighted by atomic mass is 32.2. The number of amides is 3. The summed E-state index contributed by atoms with van der Waals surface area (Å²) in [4.78, 5) is 34.5. The highest BCUT2D eigenvalue weighted by Gasteiger charge is 2.20. The molecule has 0 aromatic rings. The van der Waals surface area contributed by atoms with Gasteiger partial charge in [-0.25, -0.2) is 9.59 Å². The Morgan fingerprint density at radius 3 is 2.83 bits per heavy atom. The van der Waals surface area contributed by atoms with Gasteiger partial charge in [0.1, 0.15) is 6.04 Å². The Kier molecular flexibility index (Phi) is 5.76. The van der Waals surface area contributed by atoms with E-state index >= 15 is 0 Å². The summed E-state index contributed by atoms with van der Waals surface area (Å²) >= 11 is 1.40. The minimum atomic E-state index is -1.04. The number of carboxylic acids is 1. The van der Waals surface area contributed by atoms with E-state index in [1.807, 2.05) is 0 Å². The Morgan fingerprint density at radius 2 is 2.33 bits per heavy atom. The molecule has 1 aliphatic heterocycles. The lowest BCUT2D eigenvalue weighted by Crippen LogP contribution is -2.41. The van der Waals surface area contributed by atoms with Gasteiger partial charge in [0.25, 0.3) is 0 Å². The Balaban J connectivity index is 2.20. The highest BCUT2D eigenvalue weighted by Crippen LogP contribution is 2.06. The predicted molar refractivity (Wildman–Crippen MR) is 67.5 cm³/mol. The maximum absolute atomic E-state index is 11.2. The van der Waals surface area contributed by atoms with Crippen molar-refractivity contribution in [2.75, 3.05) is 31.1 Å². The molecule has 102 valence electrons. The van der Waals surface area contributed by atoms with Crippen LogP contribution in [0.4, 0.5) is 4.79 Å². The van der Waals surface area contributed by atoms with E-state index in [0.29, 0.717) is 31.1 Å². The summed E-state index contributed by atoms with van der Waals surface area (Å²) in [7, 11) is 0. The number of rotatable bonds is 7. The van der Waals surface area contributed by atoms with E-state index < -0.39 is 12.0 Å². The SMILES string of the molecule is CC(=O)N[C@@H](CSCCN1CCNC1=O)C(=O)O. The molecule has 0 bridgehead atoms. The zero-order valence-electron chi connectivity index (χ0n) is 10.1. The van der Waals surface area contributed by atoms with Gasteiger partial charge in [0.15, 0.2) is 0 Å². The summed E-state index contributed by atoms with van der Waals surface area (Å²) in [5, 5.41) is 13.9. The van der Waals surface area contributed by atoms with Crippen molar-refractivity contribution in [1.82, 2.24) is 15.5 Å². The number of thioether (sulfide) groups is 1. The first kappa shape index (κ1) is 14.6. The number of nitrogens with one attached hydrogen (secondary N) is 2. The maximum atomic E-state index is 11.2. The van der Waals surface area contributed by atoms with Gasteiger partial charge in [-0.15, -0.1) is 0 Å². The molecule has 0 spiro atoms. The molecule has 0 aromatic carbocycles. The number of aliphatic carboxylic acids is 1. The molecular formula is C10H17N3O4S. The number of carbonyl (C=O) groups is 3. The smallest absolute Gasteiger partial charge is 0.327 e. The standard InChI is InChI=1S/C10H17N3O4S/c1-7(14)12-8(9(15)16)6-18-5-4-13-3-2-11-10(13)17/h8H,2-6H2,1H3,(H,11,17)(H,12,14)(H,15,16)/t8-/m0/s1. The Hall–Kier alpha value is -1.44. The molecule has 0 saturated carbocycles. The summed E-state index contributed by atoms with van der Waals surface area (Å²) in [5.41, 5.74) is 0.